The first kappa shape index (κ1) is 18.8. The summed E-state index contributed by atoms with van der Waals surface area (Å²) in [4.78, 5) is 14.9. The molecule has 2 heterocycles. The van der Waals surface area contributed by atoms with E-state index in [1.165, 1.54) is 22.5 Å². The van der Waals surface area contributed by atoms with Gasteiger partial charge in [0.25, 0.3) is 0 Å². The molecule has 0 radical (unpaired) electrons. The molecule has 146 valence electrons. The minimum atomic E-state index is -3.65. The normalized spacial score (nSPS) is 15.8. The van der Waals surface area contributed by atoms with Gasteiger partial charge in [0.15, 0.2) is 17.9 Å². The molecule has 0 unspecified atom stereocenters. The summed E-state index contributed by atoms with van der Waals surface area (Å²) in [6.45, 7) is 0.961. The lowest BCUT2D eigenvalue weighted by atomic mass is 10.1. The van der Waals surface area contributed by atoms with Crippen molar-refractivity contribution in [1.29, 1.82) is 0 Å². The van der Waals surface area contributed by atoms with E-state index in [0.29, 0.717) is 41.5 Å². The summed E-state index contributed by atoms with van der Waals surface area (Å²) in [5, 5.41) is 0.424. The maximum Gasteiger partial charge on any atom is 0.243 e. The lowest BCUT2D eigenvalue weighted by Gasteiger charge is -2.25. The van der Waals surface area contributed by atoms with E-state index < -0.39 is 21.7 Å². The average molecular weight is 404 g/mol. The summed E-state index contributed by atoms with van der Waals surface area (Å²) >= 11 is 0. The summed E-state index contributed by atoms with van der Waals surface area (Å²) < 4.78 is 54.2. The highest BCUT2D eigenvalue weighted by Gasteiger charge is 2.27. The number of H-pyrrole nitrogens is 1. The van der Waals surface area contributed by atoms with Crippen molar-refractivity contribution in [2.24, 2.45) is 0 Å². The van der Waals surface area contributed by atoms with Crippen molar-refractivity contribution in [2.75, 3.05) is 13.1 Å². The van der Waals surface area contributed by atoms with Crippen LogP contribution >= 0.6 is 0 Å². The second-order valence-electron chi connectivity index (χ2n) is 6.83. The van der Waals surface area contributed by atoms with E-state index in [-0.39, 0.29) is 10.5 Å². The number of piperidine rings is 1. The number of nitrogens with one attached hydrogen (secondary N) is 1. The number of aromatic nitrogens is 1. The Bertz CT molecular complexity index is 1170. The molecule has 1 saturated heterocycles. The van der Waals surface area contributed by atoms with Gasteiger partial charge in [-0.25, -0.2) is 17.2 Å². The summed E-state index contributed by atoms with van der Waals surface area (Å²) in [7, 11) is -3.65. The van der Waals surface area contributed by atoms with Crippen LogP contribution in [0.3, 0.4) is 0 Å². The molecule has 0 aliphatic carbocycles. The van der Waals surface area contributed by atoms with Gasteiger partial charge in [-0.2, -0.15) is 4.31 Å². The largest absolute Gasteiger partial charge is 0.354 e. The molecular formula is C20H18F2N2O3S. The number of sulfonamides is 1. The predicted molar refractivity (Wildman–Crippen MR) is 102 cm³/mol. The lowest BCUT2D eigenvalue weighted by molar-refractivity contribution is 0.112. The highest BCUT2D eigenvalue weighted by molar-refractivity contribution is 7.89. The maximum atomic E-state index is 13.6. The zero-order valence-corrected chi connectivity index (χ0v) is 15.7. The Balaban J connectivity index is 1.84. The minimum absolute atomic E-state index is 0.112. The van der Waals surface area contributed by atoms with E-state index in [4.69, 9.17) is 0 Å². The van der Waals surface area contributed by atoms with Crippen molar-refractivity contribution in [3.63, 3.8) is 0 Å². The summed E-state index contributed by atoms with van der Waals surface area (Å²) in [6.07, 6.45) is 3.25. The van der Waals surface area contributed by atoms with Gasteiger partial charge in [0.05, 0.1) is 10.6 Å². The maximum absolute atomic E-state index is 13.6. The number of rotatable bonds is 4. The molecule has 1 aromatic heterocycles. The number of carbonyl (C=O) groups excluding carboxylic acids is 1. The number of aromatic amines is 1. The van der Waals surface area contributed by atoms with Gasteiger partial charge in [0.2, 0.25) is 10.0 Å². The Morgan fingerprint density at radius 3 is 2.39 bits per heavy atom. The number of benzene rings is 2. The molecule has 8 heteroatoms. The third-order valence-electron chi connectivity index (χ3n) is 5.09. The summed E-state index contributed by atoms with van der Waals surface area (Å²) in [5.41, 5.74) is 1.37. The van der Waals surface area contributed by atoms with E-state index in [1.54, 1.807) is 6.07 Å². The summed E-state index contributed by atoms with van der Waals surface area (Å²) in [5.74, 6) is -2.01. The van der Waals surface area contributed by atoms with Crippen molar-refractivity contribution in [1.82, 2.24) is 9.29 Å². The molecule has 0 amide bonds. The first-order valence-electron chi connectivity index (χ1n) is 8.98. The van der Waals surface area contributed by atoms with Crippen molar-refractivity contribution < 1.29 is 22.0 Å². The highest BCUT2D eigenvalue weighted by atomic mass is 32.2. The molecular weight excluding hydrogens is 386 g/mol. The van der Waals surface area contributed by atoms with Crippen LogP contribution in [-0.2, 0) is 10.0 Å². The van der Waals surface area contributed by atoms with Gasteiger partial charge < -0.3 is 4.98 Å². The first-order valence-corrected chi connectivity index (χ1v) is 10.4. The number of hydrogen-bond acceptors (Lipinski definition) is 3. The molecule has 1 N–H and O–H groups in total. The highest BCUT2D eigenvalue weighted by Crippen LogP contribution is 2.32. The van der Waals surface area contributed by atoms with Gasteiger partial charge >= 0.3 is 0 Å². The Hall–Kier alpha value is -2.58. The molecule has 2 aromatic carbocycles. The molecule has 28 heavy (non-hydrogen) atoms. The van der Waals surface area contributed by atoms with E-state index >= 15 is 0 Å². The van der Waals surface area contributed by atoms with Crippen LogP contribution in [0.25, 0.3) is 22.2 Å². The van der Waals surface area contributed by atoms with Gasteiger partial charge in [-0.1, -0.05) is 6.42 Å². The standard InChI is InChI=1S/C20H18F2N2O3S/c21-17-6-4-13(10-18(17)22)20-16(12-25)15-11-14(5-7-19(15)23-20)28(26,27)24-8-2-1-3-9-24/h4-7,10-12,23H,1-3,8-9H2. The molecule has 0 saturated carbocycles. The third kappa shape index (κ3) is 3.12. The second-order valence-corrected chi connectivity index (χ2v) is 8.77. The summed E-state index contributed by atoms with van der Waals surface area (Å²) in [6, 6.07) is 7.88. The van der Waals surface area contributed by atoms with Crippen LogP contribution in [0.1, 0.15) is 29.6 Å². The van der Waals surface area contributed by atoms with Gasteiger partial charge in [-0.3, -0.25) is 4.79 Å². The van der Waals surface area contributed by atoms with Crippen LogP contribution in [0.4, 0.5) is 8.78 Å². The van der Waals surface area contributed by atoms with Gasteiger partial charge in [0.1, 0.15) is 0 Å². The number of hydrogen-bond donors (Lipinski definition) is 1. The lowest BCUT2D eigenvalue weighted by Crippen LogP contribution is -2.35. The van der Waals surface area contributed by atoms with Crippen LogP contribution in [0.2, 0.25) is 0 Å². The number of aldehydes is 1. The topological polar surface area (TPSA) is 70.2 Å². The van der Waals surface area contributed by atoms with E-state index in [0.717, 1.165) is 31.4 Å². The molecule has 5 nitrogen and oxygen atoms in total. The molecule has 4 rings (SSSR count). The molecule has 1 aliphatic rings. The number of halogens is 2. The fourth-order valence-corrected chi connectivity index (χ4v) is 5.15. The van der Waals surface area contributed by atoms with Crippen molar-refractivity contribution in [2.45, 2.75) is 24.2 Å². The van der Waals surface area contributed by atoms with Gasteiger partial charge in [0, 0.05) is 35.1 Å². The fourth-order valence-electron chi connectivity index (χ4n) is 3.61. The molecule has 1 aliphatic heterocycles. The van der Waals surface area contributed by atoms with Crippen LogP contribution in [0.15, 0.2) is 41.3 Å². The van der Waals surface area contributed by atoms with Crippen molar-refractivity contribution in [3.05, 3.63) is 53.6 Å². The van der Waals surface area contributed by atoms with Crippen LogP contribution in [0.5, 0.6) is 0 Å². The van der Waals surface area contributed by atoms with E-state index in [9.17, 15) is 22.0 Å². The van der Waals surface area contributed by atoms with Gasteiger partial charge in [-0.15, -0.1) is 0 Å². The Morgan fingerprint density at radius 2 is 1.71 bits per heavy atom. The fraction of sp³-hybridized carbons (Fsp3) is 0.250. The molecule has 3 aromatic rings. The molecule has 0 bridgehead atoms. The Labute approximate surface area is 161 Å². The van der Waals surface area contributed by atoms with Crippen molar-refractivity contribution in [3.8, 4) is 11.3 Å². The van der Waals surface area contributed by atoms with Crippen LogP contribution in [-0.4, -0.2) is 37.1 Å². The molecule has 1 fully saturated rings. The smallest absolute Gasteiger partial charge is 0.243 e. The third-order valence-corrected chi connectivity index (χ3v) is 6.98. The average Bonchev–Trinajstić information content (AvgIpc) is 3.08. The zero-order valence-electron chi connectivity index (χ0n) is 14.9. The molecule has 0 atom stereocenters. The van der Waals surface area contributed by atoms with Crippen LogP contribution < -0.4 is 0 Å². The quantitative estimate of drug-likeness (QED) is 0.666. The molecule has 0 spiro atoms. The van der Waals surface area contributed by atoms with Crippen molar-refractivity contribution >= 4 is 27.2 Å². The second kappa shape index (κ2) is 7.10. The number of nitrogens with zero attached hydrogens (tertiary/aromatic N) is 1. The number of fused-ring (bicyclic) bond motifs is 1. The Morgan fingerprint density at radius 1 is 0.964 bits per heavy atom. The van der Waals surface area contributed by atoms with E-state index in [2.05, 4.69) is 4.98 Å². The van der Waals surface area contributed by atoms with Gasteiger partial charge in [-0.05, 0) is 49.2 Å². The number of carbonyl (C=O) groups is 1. The predicted octanol–water partition coefficient (Wildman–Crippen LogP) is 4.10. The minimum Gasteiger partial charge on any atom is -0.354 e. The Kier molecular flexibility index (Phi) is 4.76. The SMILES string of the molecule is O=Cc1c(-c2ccc(F)c(F)c2)[nH]c2ccc(S(=O)(=O)N3CCCCC3)cc12. The van der Waals surface area contributed by atoms with Crippen LogP contribution in [0, 0.1) is 11.6 Å². The van der Waals surface area contributed by atoms with E-state index in [1.807, 2.05) is 0 Å². The first-order chi connectivity index (χ1) is 13.4. The zero-order chi connectivity index (χ0) is 19.9. The monoisotopic (exact) mass is 404 g/mol.